The summed E-state index contributed by atoms with van der Waals surface area (Å²) in [6.45, 7) is 0. The molecule has 1 heterocycles. The molecule has 0 fully saturated rings. The number of carbonyl (C=O) groups excluding carboxylic acids is 1. The van der Waals surface area contributed by atoms with Crippen LogP contribution in [0.5, 0.6) is 0 Å². The van der Waals surface area contributed by atoms with Gasteiger partial charge in [0.1, 0.15) is 0 Å². The van der Waals surface area contributed by atoms with Crippen molar-refractivity contribution in [1.82, 2.24) is 9.66 Å². The number of carbonyl (C=O) groups is 1. The lowest BCUT2D eigenvalue weighted by atomic mass is 10.1. The first-order chi connectivity index (χ1) is 13.1. The van der Waals surface area contributed by atoms with Crippen LogP contribution in [0.2, 0.25) is 0 Å². The van der Waals surface area contributed by atoms with Crippen molar-refractivity contribution in [2.24, 2.45) is 0 Å². The summed E-state index contributed by atoms with van der Waals surface area (Å²) in [5.41, 5.74) is 10.1. The Kier molecular flexibility index (Phi) is 4.14. The highest BCUT2D eigenvalue weighted by molar-refractivity contribution is 6.04. The van der Waals surface area contributed by atoms with E-state index in [1.807, 2.05) is 36.4 Å². The number of nitrogens with zero attached hydrogens (tertiary/aromatic N) is 2. The number of nitrogens with two attached hydrogens (primary N) is 1. The minimum absolute atomic E-state index is 0.288. The van der Waals surface area contributed by atoms with E-state index in [0.29, 0.717) is 28.0 Å². The SMILES string of the molecule is Nc1ccccc1C(=O)Nn1c(-c2ccccc2)nc2ccccc2c1=O. The van der Waals surface area contributed by atoms with Gasteiger partial charge in [0.15, 0.2) is 5.82 Å². The maximum atomic E-state index is 13.1. The molecule has 0 saturated carbocycles. The van der Waals surface area contributed by atoms with Crippen molar-refractivity contribution < 1.29 is 4.79 Å². The van der Waals surface area contributed by atoms with Crippen LogP contribution in [0.15, 0.2) is 83.7 Å². The number of hydrogen-bond acceptors (Lipinski definition) is 4. The predicted octanol–water partition coefficient (Wildman–Crippen LogP) is 3.03. The summed E-state index contributed by atoms with van der Waals surface area (Å²) in [4.78, 5) is 30.4. The molecule has 3 N–H and O–H groups in total. The molecule has 0 bridgehead atoms. The summed E-state index contributed by atoms with van der Waals surface area (Å²) in [5, 5.41) is 0.415. The number of fused-ring (bicyclic) bond motifs is 1. The van der Waals surface area contributed by atoms with Crippen LogP contribution in [-0.2, 0) is 0 Å². The lowest BCUT2D eigenvalue weighted by Crippen LogP contribution is -2.35. The van der Waals surface area contributed by atoms with Crippen molar-refractivity contribution in [1.29, 1.82) is 0 Å². The molecule has 6 heteroatoms. The highest BCUT2D eigenvalue weighted by Gasteiger charge is 2.16. The van der Waals surface area contributed by atoms with Crippen LogP contribution in [0.1, 0.15) is 10.4 Å². The molecule has 3 aromatic carbocycles. The van der Waals surface area contributed by atoms with E-state index in [9.17, 15) is 9.59 Å². The average molecular weight is 356 g/mol. The number of para-hydroxylation sites is 2. The van der Waals surface area contributed by atoms with Crippen LogP contribution in [0, 0.1) is 0 Å². The van der Waals surface area contributed by atoms with Crippen molar-refractivity contribution >= 4 is 22.5 Å². The van der Waals surface area contributed by atoms with Crippen LogP contribution in [0.25, 0.3) is 22.3 Å². The summed E-state index contributed by atoms with van der Waals surface area (Å²) in [6.07, 6.45) is 0. The van der Waals surface area contributed by atoms with Gasteiger partial charge in [0.25, 0.3) is 11.5 Å². The standard InChI is InChI=1S/C21H16N4O2/c22-17-12-6-4-10-15(17)20(26)24-25-19(14-8-2-1-3-9-14)23-18-13-7-5-11-16(18)21(25)27/h1-13H,22H2,(H,24,26). The third kappa shape index (κ3) is 3.04. The smallest absolute Gasteiger partial charge is 0.280 e. The van der Waals surface area contributed by atoms with Gasteiger partial charge in [-0.3, -0.25) is 15.0 Å². The van der Waals surface area contributed by atoms with Gasteiger partial charge in [-0.1, -0.05) is 54.6 Å². The fraction of sp³-hybridized carbons (Fsp3) is 0. The predicted molar refractivity (Wildman–Crippen MR) is 106 cm³/mol. The second-order valence-corrected chi connectivity index (χ2v) is 5.99. The summed E-state index contributed by atoms with van der Waals surface area (Å²) >= 11 is 0. The Morgan fingerprint density at radius 2 is 1.56 bits per heavy atom. The normalized spacial score (nSPS) is 10.7. The second kappa shape index (κ2) is 6.76. The molecule has 1 aromatic heterocycles. The minimum atomic E-state index is -0.482. The van der Waals surface area contributed by atoms with E-state index in [-0.39, 0.29) is 11.1 Å². The Labute approximate surface area is 154 Å². The van der Waals surface area contributed by atoms with Gasteiger partial charge in [0.2, 0.25) is 0 Å². The maximum Gasteiger partial charge on any atom is 0.280 e. The number of benzene rings is 3. The third-order valence-corrected chi connectivity index (χ3v) is 4.23. The van der Waals surface area contributed by atoms with Gasteiger partial charge in [0, 0.05) is 11.3 Å². The Hall–Kier alpha value is -3.93. The summed E-state index contributed by atoms with van der Waals surface area (Å²) < 4.78 is 1.17. The van der Waals surface area contributed by atoms with Crippen LogP contribution in [0.4, 0.5) is 5.69 Å². The molecule has 4 rings (SSSR count). The number of rotatable bonds is 3. The zero-order valence-electron chi connectivity index (χ0n) is 14.3. The zero-order chi connectivity index (χ0) is 18.8. The van der Waals surface area contributed by atoms with E-state index in [4.69, 9.17) is 5.73 Å². The third-order valence-electron chi connectivity index (χ3n) is 4.23. The quantitative estimate of drug-likeness (QED) is 0.552. The van der Waals surface area contributed by atoms with Crippen molar-refractivity contribution in [2.45, 2.75) is 0 Å². The first kappa shape index (κ1) is 16.5. The number of amides is 1. The van der Waals surface area contributed by atoms with Crippen LogP contribution >= 0.6 is 0 Å². The molecule has 0 radical (unpaired) electrons. The Morgan fingerprint density at radius 3 is 2.33 bits per heavy atom. The molecule has 0 atom stereocenters. The van der Waals surface area contributed by atoms with Gasteiger partial charge in [-0.05, 0) is 24.3 Å². The largest absolute Gasteiger partial charge is 0.398 e. The number of nitrogen functional groups attached to an aromatic ring is 1. The number of nitrogens with one attached hydrogen (secondary N) is 1. The van der Waals surface area contributed by atoms with Crippen LogP contribution in [-0.4, -0.2) is 15.6 Å². The highest BCUT2D eigenvalue weighted by atomic mass is 16.2. The van der Waals surface area contributed by atoms with Crippen molar-refractivity contribution in [2.75, 3.05) is 11.2 Å². The van der Waals surface area contributed by atoms with E-state index in [2.05, 4.69) is 10.4 Å². The fourth-order valence-electron chi connectivity index (χ4n) is 2.88. The number of hydrogen-bond donors (Lipinski definition) is 2. The molecule has 0 spiro atoms. The van der Waals surface area contributed by atoms with E-state index < -0.39 is 5.91 Å². The Bertz CT molecular complexity index is 1200. The molecular formula is C21H16N4O2. The molecular weight excluding hydrogens is 340 g/mol. The van der Waals surface area contributed by atoms with E-state index in [0.717, 1.165) is 0 Å². The molecule has 0 unspecified atom stereocenters. The van der Waals surface area contributed by atoms with Crippen molar-refractivity contribution in [3.63, 3.8) is 0 Å². The second-order valence-electron chi connectivity index (χ2n) is 5.99. The van der Waals surface area contributed by atoms with Gasteiger partial charge in [-0.15, -0.1) is 0 Å². The molecule has 0 aliphatic rings. The molecule has 27 heavy (non-hydrogen) atoms. The average Bonchev–Trinajstić information content (AvgIpc) is 2.71. The Morgan fingerprint density at radius 1 is 0.889 bits per heavy atom. The van der Waals surface area contributed by atoms with Crippen LogP contribution < -0.4 is 16.7 Å². The van der Waals surface area contributed by atoms with E-state index in [1.165, 1.54) is 4.68 Å². The van der Waals surface area contributed by atoms with E-state index in [1.54, 1.807) is 42.5 Å². The molecule has 0 saturated heterocycles. The van der Waals surface area contributed by atoms with Gasteiger partial charge in [-0.25, -0.2) is 4.98 Å². The number of aromatic nitrogens is 2. The lowest BCUT2D eigenvalue weighted by molar-refractivity contribution is 0.101. The van der Waals surface area contributed by atoms with Crippen molar-refractivity contribution in [3.8, 4) is 11.4 Å². The molecule has 0 aliphatic heterocycles. The van der Waals surface area contributed by atoms with E-state index >= 15 is 0 Å². The van der Waals surface area contributed by atoms with Crippen LogP contribution in [0.3, 0.4) is 0 Å². The molecule has 4 aromatic rings. The monoisotopic (exact) mass is 356 g/mol. The summed E-state index contributed by atoms with van der Waals surface area (Å²) in [5.74, 6) is -0.133. The first-order valence-electron chi connectivity index (χ1n) is 8.38. The maximum absolute atomic E-state index is 13.1. The lowest BCUT2D eigenvalue weighted by Gasteiger charge is -2.15. The summed E-state index contributed by atoms with van der Waals surface area (Å²) in [6, 6.07) is 22.9. The topological polar surface area (TPSA) is 90.0 Å². The van der Waals surface area contributed by atoms with Crippen molar-refractivity contribution in [3.05, 3.63) is 94.8 Å². The number of anilines is 1. The molecule has 132 valence electrons. The fourth-order valence-corrected chi connectivity index (χ4v) is 2.88. The van der Waals surface area contributed by atoms with Gasteiger partial charge in [0.05, 0.1) is 16.5 Å². The first-order valence-corrected chi connectivity index (χ1v) is 8.38. The summed E-state index contributed by atoms with van der Waals surface area (Å²) in [7, 11) is 0. The minimum Gasteiger partial charge on any atom is -0.398 e. The zero-order valence-corrected chi connectivity index (χ0v) is 14.3. The van der Waals surface area contributed by atoms with Gasteiger partial charge < -0.3 is 5.73 Å². The van der Waals surface area contributed by atoms with Gasteiger partial charge >= 0.3 is 0 Å². The molecule has 1 amide bonds. The molecule has 0 aliphatic carbocycles. The highest BCUT2D eigenvalue weighted by Crippen LogP contribution is 2.18. The Balaban J connectivity index is 1.90. The molecule has 6 nitrogen and oxygen atoms in total. The van der Waals surface area contributed by atoms with Gasteiger partial charge in [-0.2, -0.15) is 4.68 Å².